The molecule has 0 rings (SSSR count). The molecule has 0 heterocycles. The summed E-state index contributed by atoms with van der Waals surface area (Å²) < 4.78 is 53.9. The van der Waals surface area contributed by atoms with Gasteiger partial charge in [0.15, 0.2) is 0 Å². The van der Waals surface area contributed by atoms with E-state index in [4.69, 9.17) is 9.11 Å². The van der Waals surface area contributed by atoms with Crippen LogP contribution in [-0.4, -0.2) is 30.5 Å². The van der Waals surface area contributed by atoms with Crippen LogP contribution in [0.25, 0.3) is 0 Å². The molecule has 0 aromatic rings. The Morgan fingerprint density at radius 3 is 1.27 bits per heavy atom. The molecule has 0 radical (unpaired) electrons. The molecule has 2 N–H and O–H groups in total. The van der Waals surface area contributed by atoms with E-state index in [1.54, 1.807) is 0 Å². The van der Waals surface area contributed by atoms with E-state index in [1.165, 1.54) is 0 Å². The number of rotatable bonds is 2. The summed E-state index contributed by atoms with van der Waals surface area (Å²) in [6.45, 7) is 0.657. The van der Waals surface area contributed by atoms with E-state index in [-0.39, 0.29) is 31.0 Å². The maximum Gasteiger partial charge on any atom is 1.00 e. The predicted octanol–water partition coefficient (Wildman–Crippen LogP) is -3.78. The van der Waals surface area contributed by atoms with Gasteiger partial charge in [0.25, 0.3) is 20.2 Å². The first kappa shape index (κ1) is 14.3. The Morgan fingerprint density at radius 2 is 1.27 bits per heavy atom. The van der Waals surface area contributed by atoms with Crippen molar-refractivity contribution in [3.63, 3.8) is 0 Å². The van der Waals surface area contributed by atoms with Crippen molar-refractivity contribution < 1.29 is 56.9 Å². The third-order valence-corrected chi connectivity index (χ3v) is 3.98. The van der Waals surface area contributed by atoms with Crippen LogP contribution >= 0.6 is 0 Å². The molecule has 0 spiro atoms. The minimum absolute atomic E-state index is 0. The van der Waals surface area contributed by atoms with Crippen molar-refractivity contribution in [1.29, 1.82) is 0 Å². The van der Waals surface area contributed by atoms with E-state index in [1.807, 2.05) is 0 Å². The first-order valence-corrected chi connectivity index (χ1v) is 5.09. The molecule has 64 valence electrons. The van der Waals surface area contributed by atoms with Gasteiger partial charge < -0.3 is 1.43 Å². The van der Waals surface area contributed by atoms with Crippen molar-refractivity contribution in [2.24, 2.45) is 0 Å². The largest absolute Gasteiger partial charge is 1.00 e. The summed E-state index contributed by atoms with van der Waals surface area (Å²) in [6.07, 6.45) is 0. The normalized spacial score (nSPS) is 12.7. The Hall–Kier alpha value is 0.820. The van der Waals surface area contributed by atoms with Crippen LogP contribution in [0, 0.1) is 0 Å². The van der Waals surface area contributed by atoms with Crippen LogP contribution in [0.5, 0.6) is 0 Å². The van der Waals surface area contributed by atoms with Crippen molar-refractivity contribution >= 4 is 20.2 Å². The molecule has 0 aliphatic rings. The van der Waals surface area contributed by atoms with E-state index >= 15 is 0 Å². The molecule has 0 unspecified atom stereocenters. The van der Waals surface area contributed by atoms with Crippen LogP contribution in [0.3, 0.4) is 0 Å². The topological polar surface area (TPSA) is 109 Å². The molecular weight excluding hydrogens is 207 g/mol. The zero-order valence-electron chi connectivity index (χ0n) is 6.92. The standard InChI is InChI=1S/C2H6O6S2.Na.H/c1-2(9(3,4)5)10(6,7)8;;/h2H,1H3,(H,3,4,5)(H,6,7,8);;/q;+1;-1. The van der Waals surface area contributed by atoms with Gasteiger partial charge in [-0.3, -0.25) is 9.11 Å². The molecule has 9 heteroatoms. The number of hydrogen-bond donors (Lipinski definition) is 2. The number of hydrogen-bond acceptors (Lipinski definition) is 4. The fraction of sp³-hybridized carbons (Fsp3) is 1.00. The van der Waals surface area contributed by atoms with E-state index in [9.17, 15) is 16.8 Å². The maximum atomic E-state index is 9.99. The van der Waals surface area contributed by atoms with Gasteiger partial charge in [-0.2, -0.15) is 16.8 Å². The Balaban J connectivity index is -0.000000405. The second-order valence-corrected chi connectivity index (χ2v) is 5.37. The van der Waals surface area contributed by atoms with Gasteiger partial charge in [-0.15, -0.1) is 0 Å². The van der Waals surface area contributed by atoms with Crippen molar-refractivity contribution in [2.75, 3.05) is 0 Å². The van der Waals surface area contributed by atoms with Gasteiger partial charge in [0, 0.05) is 0 Å². The Bertz CT molecular complexity index is 272. The van der Waals surface area contributed by atoms with Crippen LogP contribution in [0.1, 0.15) is 8.35 Å². The van der Waals surface area contributed by atoms with E-state index in [0.29, 0.717) is 6.92 Å². The summed E-state index contributed by atoms with van der Waals surface area (Å²) in [5, 5.41) is 0. The zero-order chi connectivity index (χ0) is 8.58. The second-order valence-electron chi connectivity index (χ2n) is 1.60. The quantitative estimate of drug-likeness (QED) is 0.361. The van der Waals surface area contributed by atoms with Crippen molar-refractivity contribution in [3.05, 3.63) is 0 Å². The van der Waals surface area contributed by atoms with Gasteiger partial charge in [-0.25, -0.2) is 0 Å². The van der Waals surface area contributed by atoms with E-state index in [2.05, 4.69) is 0 Å². The molecule has 0 bridgehead atoms. The fourth-order valence-corrected chi connectivity index (χ4v) is 1.38. The smallest absolute Gasteiger partial charge is 1.00 e. The van der Waals surface area contributed by atoms with Crippen LogP contribution in [0.2, 0.25) is 0 Å². The predicted molar refractivity (Wildman–Crippen MR) is 33.7 cm³/mol. The molecule has 0 saturated heterocycles. The summed E-state index contributed by atoms with van der Waals surface area (Å²) in [5.74, 6) is 0. The minimum atomic E-state index is -4.70. The summed E-state index contributed by atoms with van der Waals surface area (Å²) in [7, 11) is -9.40. The second kappa shape index (κ2) is 4.17. The molecule has 0 aromatic carbocycles. The fourth-order valence-electron chi connectivity index (χ4n) is 0.154. The molecule has 0 aliphatic carbocycles. The van der Waals surface area contributed by atoms with Gasteiger partial charge in [-0.05, 0) is 6.92 Å². The maximum absolute atomic E-state index is 9.99. The first-order chi connectivity index (χ1) is 4.15. The van der Waals surface area contributed by atoms with Crippen LogP contribution in [0.4, 0.5) is 0 Å². The van der Waals surface area contributed by atoms with Gasteiger partial charge in [0.1, 0.15) is 0 Å². The SMILES string of the molecule is CC(S(=O)(=O)O)S(=O)(=O)O.[H-].[Na+]. The van der Waals surface area contributed by atoms with Crippen LogP contribution in [-0.2, 0) is 20.2 Å². The molecule has 11 heavy (non-hydrogen) atoms. The molecule has 0 amide bonds. The van der Waals surface area contributed by atoms with Crippen LogP contribution < -0.4 is 29.6 Å². The van der Waals surface area contributed by atoms with E-state index in [0.717, 1.165) is 0 Å². The zero-order valence-corrected chi connectivity index (χ0v) is 9.55. The molecule has 0 aliphatic heterocycles. The molecule has 6 nitrogen and oxygen atoms in total. The molecule has 0 saturated carbocycles. The van der Waals surface area contributed by atoms with Crippen molar-refractivity contribution in [1.82, 2.24) is 0 Å². The average molecular weight is 214 g/mol. The molecule has 0 aromatic heterocycles. The first-order valence-electron chi connectivity index (χ1n) is 2.08. The van der Waals surface area contributed by atoms with Crippen LogP contribution in [0.15, 0.2) is 0 Å². The summed E-state index contributed by atoms with van der Waals surface area (Å²) in [5.41, 5.74) is 0. The third-order valence-electron chi connectivity index (χ3n) is 0.839. The van der Waals surface area contributed by atoms with Gasteiger partial charge in [-0.1, -0.05) is 0 Å². The Labute approximate surface area is 88.3 Å². The monoisotopic (exact) mass is 214 g/mol. The Morgan fingerprint density at radius 1 is 1.09 bits per heavy atom. The molecular formula is C2H7NaO6S2. The minimum Gasteiger partial charge on any atom is -1.00 e. The van der Waals surface area contributed by atoms with Gasteiger partial charge in [0.2, 0.25) is 4.58 Å². The van der Waals surface area contributed by atoms with Gasteiger partial charge in [0.05, 0.1) is 0 Å². The summed E-state index contributed by atoms with van der Waals surface area (Å²) in [4.78, 5) is 0. The average Bonchev–Trinajstić information content (AvgIpc) is 1.59. The third kappa shape index (κ3) is 5.12. The molecule has 0 atom stereocenters. The Kier molecular flexibility index (Phi) is 5.44. The summed E-state index contributed by atoms with van der Waals surface area (Å²) >= 11 is 0. The van der Waals surface area contributed by atoms with Gasteiger partial charge >= 0.3 is 29.6 Å². The van der Waals surface area contributed by atoms with Crippen molar-refractivity contribution in [2.45, 2.75) is 11.5 Å². The molecule has 0 fully saturated rings. The van der Waals surface area contributed by atoms with E-state index < -0.39 is 24.8 Å². The van der Waals surface area contributed by atoms with Crippen molar-refractivity contribution in [3.8, 4) is 0 Å². The summed E-state index contributed by atoms with van der Waals surface area (Å²) in [6, 6.07) is 0.